The van der Waals surface area contributed by atoms with E-state index in [9.17, 15) is 0 Å². The van der Waals surface area contributed by atoms with E-state index in [1.54, 1.807) is 6.20 Å². The molecule has 0 atom stereocenters. The fourth-order valence-corrected chi connectivity index (χ4v) is 5.96. The minimum absolute atomic E-state index is 0.640. The quantitative estimate of drug-likeness (QED) is 0.196. The first kappa shape index (κ1) is 25.7. The Bertz CT molecular complexity index is 2190. The Morgan fingerprint density at radius 3 is 1.45 bits per heavy atom. The predicted octanol–water partition coefficient (Wildman–Crippen LogP) is 9.91. The molecule has 0 fully saturated rings. The fourth-order valence-electron chi connectivity index (χ4n) is 5.96. The van der Waals surface area contributed by atoms with E-state index in [0.29, 0.717) is 17.5 Å². The van der Waals surface area contributed by atoms with Gasteiger partial charge in [0.15, 0.2) is 17.5 Å². The molecule has 0 saturated heterocycles. The second-order valence-electron chi connectivity index (χ2n) is 10.7. The molecule has 0 spiro atoms. The number of nitrogens with zero attached hydrogens (tertiary/aromatic N) is 4. The number of rotatable bonds is 5. The van der Waals surface area contributed by atoms with E-state index in [2.05, 4.69) is 83.8 Å². The zero-order chi connectivity index (χ0) is 29.3. The van der Waals surface area contributed by atoms with Gasteiger partial charge in [-0.1, -0.05) is 133 Å². The molecule has 0 aliphatic heterocycles. The molecule has 2 heterocycles. The Labute approximate surface area is 255 Å². The molecule has 6 aromatic carbocycles. The van der Waals surface area contributed by atoms with Gasteiger partial charge in [0.05, 0.1) is 0 Å². The van der Waals surface area contributed by atoms with Crippen LogP contribution >= 0.6 is 0 Å². The molecule has 0 amide bonds. The Morgan fingerprint density at radius 1 is 0.318 bits per heavy atom. The van der Waals surface area contributed by atoms with E-state index in [-0.39, 0.29) is 0 Å². The lowest BCUT2D eigenvalue weighted by molar-refractivity contribution is 1.08. The van der Waals surface area contributed by atoms with Gasteiger partial charge < -0.3 is 0 Å². The van der Waals surface area contributed by atoms with Gasteiger partial charge >= 0.3 is 0 Å². The van der Waals surface area contributed by atoms with Crippen LogP contribution in [-0.4, -0.2) is 19.9 Å². The first-order valence-electron chi connectivity index (χ1n) is 14.6. The Balaban J connectivity index is 1.52. The van der Waals surface area contributed by atoms with Gasteiger partial charge in [-0.3, -0.25) is 4.98 Å². The summed E-state index contributed by atoms with van der Waals surface area (Å²) in [5.74, 6) is 1.92. The first-order valence-corrected chi connectivity index (χ1v) is 14.6. The number of hydrogen-bond donors (Lipinski definition) is 0. The summed E-state index contributed by atoms with van der Waals surface area (Å²) in [6.07, 6.45) is 3.72. The lowest BCUT2D eigenvalue weighted by Crippen LogP contribution is -2.02. The number of aromatic nitrogens is 4. The third kappa shape index (κ3) is 4.59. The summed E-state index contributed by atoms with van der Waals surface area (Å²) < 4.78 is 0. The zero-order valence-corrected chi connectivity index (χ0v) is 23.8. The zero-order valence-electron chi connectivity index (χ0n) is 23.8. The maximum Gasteiger partial charge on any atom is 0.165 e. The average molecular weight is 563 g/mol. The van der Waals surface area contributed by atoms with E-state index in [4.69, 9.17) is 15.0 Å². The molecule has 2 aromatic heterocycles. The van der Waals surface area contributed by atoms with Gasteiger partial charge in [0.2, 0.25) is 0 Å². The van der Waals surface area contributed by atoms with Gasteiger partial charge in [-0.25, -0.2) is 15.0 Å². The van der Waals surface area contributed by atoms with Crippen LogP contribution in [-0.2, 0) is 0 Å². The minimum Gasteiger partial charge on any atom is -0.264 e. The van der Waals surface area contributed by atoms with Crippen LogP contribution in [0.15, 0.2) is 158 Å². The molecule has 0 N–H and O–H groups in total. The molecule has 8 rings (SSSR count). The normalized spacial score (nSPS) is 11.2. The highest BCUT2D eigenvalue weighted by molar-refractivity contribution is 6.21. The number of hydrogen-bond acceptors (Lipinski definition) is 4. The Kier molecular flexibility index (Phi) is 6.43. The highest BCUT2D eigenvalue weighted by atomic mass is 15.0. The maximum atomic E-state index is 5.19. The Morgan fingerprint density at radius 2 is 0.841 bits per heavy atom. The van der Waals surface area contributed by atoms with Crippen molar-refractivity contribution in [2.45, 2.75) is 0 Å². The van der Waals surface area contributed by atoms with E-state index in [0.717, 1.165) is 55.1 Å². The van der Waals surface area contributed by atoms with Crippen molar-refractivity contribution < 1.29 is 0 Å². The van der Waals surface area contributed by atoms with Crippen LogP contribution in [0.25, 0.3) is 78.0 Å². The van der Waals surface area contributed by atoms with Crippen molar-refractivity contribution in [3.63, 3.8) is 0 Å². The van der Waals surface area contributed by atoms with Gasteiger partial charge in [0.1, 0.15) is 0 Å². The molecule has 0 aliphatic carbocycles. The van der Waals surface area contributed by atoms with Crippen molar-refractivity contribution in [1.29, 1.82) is 0 Å². The van der Waals surface area contributed by atoms with Gasteiger partial charge in [-0.05, 0) is 44.8 Å². The van der Waals surface area contributed by atoms with E-state index >= 15 is 0 Å². The van der Waals surface area contributed by atoms with Crippen molar-refractivity contribution in [2.75, 3.05) is 0 Å². The van der Waals surface area contributed by atoms with Crippen molar-refractivity contribution in [3.05, 3.63) is 158 Å². The van der Waals surface area contributed by atoms with Crippen molar-refractivity contribution in [3.8, 4) is 56.4 Å². The molecular formula is C40H26N4. The summed E-state index contributed by atoms with van der Waals surface area (Å²) in [5, 5.41) is 4.56. The predicted molar refractivity (Wildman–Crippen MR) is 180 cm³/mol. The summed E-state index contributed by atoms with van der Waals surface area (Å²) in [6.45, 7) is 0. The number of benzene rings is 6. The van der Waals surface area contributed by atoms with Crippen LogP contribution in [0, 0.1) is 0 Å². The number of fused-ring (bicyclic) bond motifs is 3. The molecule has 4 nitrogen and oxygen atoms in total. The standard InChI is InChI=1S/C40H26N4/c1-4-13-27(14-5-1)36-35-25-30(31-19-12-24-41-26-31)22-23-33(35)32-20-10-11-21-34(32)37(36)40-43-38(28-15-6-2-7-16-28)42-39(44-40)29-17-8-3-9-18-29/h1-26H. The summed E-state index contributed by atoms with van der Waals surface area (Å²) in [7, 11) is 0. The SMILES string of the molecule is c1ccc(-c2nc(-c3ccccc3)nc(-c3c(-c4ccccc4)c4cc(-c5cccnc5)ccc4c4ccccc34)n2)cc1. The molecule has 0 saturated carbocycles. The second kappa shape index (κ2) is 11.0. The summed E-state index contributed by atoms with van der Waals surface area (Å²) in [4.78, 5) is 19.7. The molecule has 4 heteroatoms. The summed E-state index contributed by atoms with van der Waals surface area (Å²) >= 11 is 0. The van der Waals surface area contributed by atoms with E-state index in [1.807, 2.05) is 72.9 Å². The van der Waals surface area contributed by atoms with Gasteiger partial charge in [-0.2, -0.15) is 0 Å². The van der Waals surface area contributed by atoms with Gasteiger partial charge in [-0.15, -0.1) is 0 Å². The average Bonchev–Trinajstić information content (AvgIpc) is 3.12. The topological polar surface area (TPSA) is 51.6 Å². The van der Waals surface area contributed by atoms with Crippen LogP contribution in [0.4, 0.5) is 0 Å². The van der Waals surface area contributed by atoms with Crippen LogP contribution in [0.1, 0.15) is 0 Å². The Hall–Kier alpha value is -6.00. The van der Waals surface area contributed by atoms with Crippen LogP contribution in [0.2, 0.25) is 0 Å². The molecule has 44 heavy (non-hydrogen) atoms. The molecular weight excluding hydrogens is 536 g/mol. The summed E-state index contributed by atoms with van der Waals surface area (Å²) in [6, 6.07) is 50.2. The second-order valence-corrected chi connectivity index (χ2v) is 10.7. The maximum absolute atomic E-state index is 5.19. The number of pyridine rings is 1. The third-order valence-corrected chi connectivity index (χ3v) is 8.01. The van der Waals surface area contributed by atoms with Crippen LogP contribution in [0.3, 0.4) is 0 Å². The third-order valence-electron chi connectivity index (χ3n) is 8.01. The lowest BCUT2D eigenvalue weighted by Gasteiger charge is -2.19. The van der Waals surface area contributed by atoms with Crippen LogP contribution < -0.4 is 0 Å². The minimum atomic E-state index is 0.640. The lowest BCUT2D eigenvalue weighted by atomic mass is 9.86. The fraction of sp³-hybridized carbons (Fsp3) is 0. The molecule has 0 radical (unpaired) electrons. The molecule has 206 valence electrons. The smallest absolute Gasteiger partial charge is 0.165 e. The van der Waals surface area contributed by atoms with Crippen LogP contribution in [0.5, 0.6) is 0 Å². The van der Waals surface area contributed by atoms with E-state index in [1.165, 1.54) is 5.39 Å². The monoisotopic (exact) mass is 562 g/mol. The highest BCUT2D eigenvalue weighted by Crippen LogP contribution is 2.45. The largest absolute Gasteiger partial charge is 0.264 e. The van der Waals surface area contributed by atoms with Gasteiger partial charge in [0, 0.05) is 40.2 Å². The van der Waals surface area contributed by atoms with Crippen molar-refractivity contribution in [2.24, 2.45) is 0 Å². The highest BCUT2D eigenvalue weighted by Gasteiger charge is 2.22. The molecule has 8 aromatic rings. The molecule has 0 aliphatic rings. The van der Waals surface area contributed by atoms with E-state index < -0.39 is 0 Å². The summed E-state index contributed by atoms with van der Waals surface area (Å²) in [5.41, 5.74) is 7.24. The van der Waals surface area contributed by atoms with Gasteiger partial charge in [0.25, 0.3) is 0 Å². The first-order chi connectivity index (χ1) is 21.8. The molecule has 0 bridgehead atoms. The van der Waals surface area contributed by atoms with Crippen molar-refractivity contribution >= 4 is 21.5 Å². The van der Waals surface area contributed by atoms with Crippen molar-refractivity contribution in [1.82, 2.24) is 19.9 Å². The molecule has 0 unspecified atom stereocenters.